The predicted octanol–water partition coefficient (Wildman–Crippen LogP) is 6.36. The Morgan fingerprint density at radius 2 is 1.81 bits per heavy atom. The van der Waals surface area contributed by atoms with Gasteiger partial charge in [-0.15, -0.1) is 11.8 Å². The minimum absolute atomic E-state index is 0.103. The Balaban J connectivity index is 1.66. The number of halogens is 3. The number of nitrogens with zero attached hydrogens (tertiary/aromatic N) is 1. The fourth-order valence-corrected chi connectivity index (χ4v) is 5.46. The summed E-state index contributed by atoms with van der Waals surface area (Å²) in [5, 5.41) is 4.87. The summed E-state index contributed by atoms with van der Waals surface area (Å²) in [4.78, 5) is 27.7. The van der Waals surface area contributed by atoms with Gasteiger partial charge in [-0.1, -0.05) is 65.8 Å². The molecule has 4 nitrogen and oxygen atoms in total. The van der Waals surface area contributed by atoms with E-state index < -0.39 is 6.04 Å². The molecule has 32 heavy (non-hydrogen) atoms. The summed E-state index contributed by atoms with van der Waals surface area (Å²) in [5.41, 5.74) is 1.80. The van der Waals surface area contributed by atoms with Crippen molar-refractivity contribution in [2.24, 2.45) is 0 Å². The Morgan fingerprint density at radius 1 is 1.09 bits per heavy atom. The maximum atomic E-state index is 13.2. The van der Waals surface area contributed by atoms with Gasteiger partial charge in [0.2, 0.25) is 11.8 Å². The highest BCUT2D eigenvalue weighted by Gasteiger charge is 2.28. The van der Waals surface area contributed by atoms with Gasteiger partial charge < -0.3 is 10.2 Å². The quantitative estimate of drug-likeness (QED) is 0.425. The van der Waals surface area contributed by atoms with E-state index >= 15 is 0 Å². The zero-order valence-electron chi connectivity index (χ0n) is 18.0. The highest BCUT2D eigenvalue weighted by molar-refractivity contribution is 7.99. The van der Waals surface area contributed by atoms with E-state index in [-0.39, 0.29) is 23.6 Å². The second-order valence-corrected chi connectivity index (χ2v) is 10.3. The van der Waals surface area contributed by atoms with Gasteiger partial charge in [0.1, 0.15) is 6.04 Å². The highest BCUT2D eigenvalue weighted by atomic mass is 35.5. The number of thioether (sulfide) groups is 1. The van der Waals surface area contributed by atoms with Crippen molar-refractivity contribution >= 4 is 58.4 Å². The van der Waals surface area contributed by atoms with Crippen molar-refractivity contribution in [2.45, 2.75) is 57.0 Å². The summed E-state index contributed by atoms with van der Waals surface area (Å²) in [6.07, 6.45) is 4.26. The first-order valence-corrected chi connectivity index (χ1v) is 13.0. The average molecular weight is 514 g/mol. The number of carbonyl (C=O) groups excluding carboxylic acids is 2. The first kappa shape index (κ1) is 25.2. The van der Waals surface area contributed by atoms with Crippen LogP contribution in [0.5, 0.6) is 0 Å². The molecule has 2 aromatic carbocycles. The summed E-state index contributed by atoms with van der Waals surface area (Å²) < 4.78 is 0. The first-order valence-electron chi connectivity index (χ1n) is 10.7. The normalized spacial score (nSPS) is 14.9. The number of hydrogen-bond acceptors (Lipinski definition) is 3. The van der Waals surface area contributed by atoms with E-state index in [1.165, 1.54) is 11.8 Å². The molecule has 1 aliphatic rings. The van der Waals surface area contributed by atoms with E-state index in [1.807, 2.05) is 24.3 Å². The fourth-order valence-electron chi connectivity index (χ4n) is 3.78. The van der Waals surface area contributed by atoms with Crippen LogP contribution in [0.3, 0.4) is 0 Å². The molecular weight excluding hydrogens is 487 g/mol. The largest absolute Gasteiger partial charge is 0.352 e. The number of benzene rings is 2. The molecule has 1 N–H and O–H groups in total. The molecule has 2 amide bonds. The molecule has 2 aromatic rings. The number of hydrogen-bond donors (Lipinski definition) is 1. The van der Waals surface area contributed by atoms with Gasteiger partial charge in [-0.05, 0) is 55.2 Å². The van der Waals surface area contributed by atoms with Crippen molar-refractivity contribution in [1.29, 1.82) is 0 Å². The summed E-state index contributed by atoms with van der Waals surface area (Å²) in [7, 11) is 0. The van der Waals surface area contributed by atoms with Crippen LogP contribution in [0.4, 0.5) is 0 Å². The number of carbonyl (C=O) groups is 2. The number of rotatable bonds is 9. The summed E-state index contributed by atoms with van der Waals surface area (Å²) in [5.74, 6) is 0.600. The molecule has 0 heterocycles. The summed E-state index contributed by atoms with van der Waals surface area (Å²) in [6, 6.07) is 12.3. The van der Waals surface area contributed by atoms with Crippen LogP contribution in [0, 0.1) is 0 Å². The lowest BCUT2D eigenvalue weighted by atomic mass is 10.1. The second kappa shape index (κ2) is 12.2. The van der Waals surface area contributed by atoms with Crippen molar-refractivity contribution in [1.82, 2.24) is 10.2 Å². The van der Waals surface area contributed by atoms with Crippen LogP contribution >= 0.6 is 46.6 Å². The van der Waals surface area contributed by atoms with Gasteiger partial charge in [0.25, 0.3) is 0 Å². The number of amides is 2. The SMILES string of the molecule is C[C@@H](C(=O)NC1CCCC1)N(Cc1cccc(Cl)c1)C(=O)CSCc1ccc(Cl)cc1Cl. The third kappa shape index (κ3) is 7.31. The highest BCUT2D eigenvalue weighted by Crippen LogP contribution is 2.25. The summed E-state index contributed by atoms with van der Waals surface area (Å²) >= 11 is 19.8. The van der Waals surface area contributed by atoms with Crippen LogP contribution in [0.25, 0.3) is 0 Å². The Morgan fingerprint density at radius 3 is 2.50 bits per heavy atom. The smallest absolute Gasteiger partial charge is 0.242 e. The van der Waals surface area contributed by atoms with Crippen LogP contribution in [-0.2, 0) is 21.9 Å². The van der Waals surface area contributed by atoms with Gasteiger partial charge in [0, 0.05) is 33.4 Å². The standard InChI is InChI=1S/C24H27Cl3N2O2S/c1-16(24(31)28-21-7-2-3-8-21)29(13-17-5-4-6-19(25)11-17)23(30)15-32-14-18-9-10-20(26)12-22(18)27/h4-6,9-12,16,21H,2-3,7-8,13-15H2,1H3,(H,28,31)/t16-/m0/s1. The Kier molecular flexibility index (Phi) is 9.60. The zero-order chi connectivity index (χ0) is 23.1. The molecule has 0 aromatic heterocycles. The molecule has 0 saturated heterocycles. The topological polar surface area (TPSA) is 49.4 Å². The van der Waals surface area contributed by atoms with Crippen molar-refractivity contribution in [3.05, 3.63) is 68.7 Å². The molecule has 1 atom stereocenters. The maximum absolute atomic E-state index is 13.2. The minimum Gasteiger partial charge on any atom is -0.352 e. The van der Waals surface area contributed by atoms with Gasteiger partial charge in [-0.25, -0.2) is 0 Å². The zero-order valence-corrected chi connectivity index (χ0v) is 21.0. The molecule has 1 saturated carbocycles. The third-order valence-electron chi connectivity index (χ3n) is 5.61. The van der Waals surface area contributed by atoms with Crippen LogP contribution in [0.2, 0.25) is 15.1 Å². The van der Waals surface area contributed by atoms with E-state index in [0.717, 1.165) is 36.8 Å². The Hall–Kier alpha value is -1.40. The van der Waals surface area contributed by atoms with E-state index in [0.29, 0.717) is 27.4 Å². The van der Waals surface area contributed by atoms with Crippen molar-refractivity contribution in [3.8, 4) is 0 Å². The molecule has 0 bridgehead atoms. The van der Waals surface area contributed by atoms with E-state index in [2.05, 4.69) is 5.32 Å². The lowest BCUT2D eigenvalue weighted by molar-refractivity contribution is -0.138. The Labute approximate surface area is 209 Å². The molecule has 1 aliphatic carbocycles. The van der Waals surface area contributed by atoms with Crippen LogP contribution in [-0.4, -0.2) is 34.6 Å². The second-order valence-electron chi connectivity index (χ2n) is 8.05. The molecular formula is C24H27Cl3N2O2S. The lowest BCUT2D eigenvalue weighted by Gasteiger charge is -2.29. The lowest BCUT2D eigenvalue weighted by Crippen LogP contribution is -2.50. The van der Waals surface area contributed by atoms with Gasteiger partial charge in [-0.3, -0.25) is 9.59 Å². The monoisotopic (exact) mass is 512 g/mol. The minimum atomic E-state index is -0.582. The summed E-state index contributed by atoms with van der Waals surface area (Å²) in [6.45, 7) is 2.11. The predicted molar refractivity (Wildman–Crippen MR) is 134 cm³/mol. The first-order chi connectivity index (χ1) is 15.3. The van der Waals surface area contributed by atoms with E-state index in [1.54, 1.807) is 30.0 Å². The molecule has 8 heteroatoms. The molecule has 3 rings (SSSR count). The molecule has 172 valence electrons. The van der Waals surface area contributed by atoms with Crippen LogP contribution in [0.1, 0.15) is 43.7 Å². The average Bonchev–Trinajstić information content (AvgIpc) is 3.26. The van der Waals surface area contributed by atoms with Crippen LogP contribution in [0.15, 0.2) is 42.5 Å². The molecule has 0 spiro atoms. The molecule has 0 radical (unpaired) electrons. The van der Waals surface area contributed by atoms with E-state index in [4.69, 9.17) is 34.8 Å². The van der Waals surface area contributed by atoms with Gasteiger partial charge in [-0.2, -0.15) is 0 Å². The van der Waals surface area contributed by atoms with Crippen LogP contribution < -0.4 is 5.32 Å². The Bertz CT molecular complexity index is 951. The fraction of sp³-hybridized carbons (Fsp3) is 0.417. The van der Waals surface area contributed by atoms with Crippen molar-refractivity contribution < 1.29 is 9.59 Å². The molecule has 0 unspecified atom stereocenters. The van der Waals surface area contributed by atoms with Gasteiger partial charge in [0.05, 0.1) is 5.75 Å². The van der Waals surface area contributed by atoms with E-state index in [9.17, 15) is 9.59 Å². The number of nitrogens with one attached hydrogen (secondary N) is 1. The third-order valence-corrected chi connectivity index (χ3v) is 7.40. The maximum Gasteiger partial charge on any atom is 0.242 e. The molecule has 1 fully saturated rings. The van der Waals surface area contributed by atoms with Gasteiger partial charge >= 0.3 is 0 Å². The molecule has 0 aliphatic heterocycles. The van der Waals surface area contributed by atoms with Crippen molar-refractivity contribution in [2.75, 3.05) is 5.75 Å². The van der Waals surface area contributed by atoms with Gasteiger partial charge in [0.15, 0.2) is 0 Å². The van der Waals surface area contributed by atoms with Crippen molar-refractivity contribution in [3.63, 3.8) is 0 Å².